The molecule has 10 heteroatoms. The van der Waals surface area contributed by atoms with Crippen LogP contribution in [0.25, 0.3) is 22.7 Å². The Morgan fingerprint density at radius 1 is 1.21 bits per heavy atom. The first-order chi connectivity index (χ1) is 13.2. The van der Waals surface area contributed by atoms with Gasteiger partial charge in [0.1, 0.15) is 11.2 Å². The predicted molar refractivity (Wildman–Crippen MR) is 105 cm³/mol. The Kier molecular flexibility index (Phi) is 5.59. The number of pyridine rings is 2. The average Bonchev–Trinajstić information content (AvgIpc) is 2.96. The molecule has 0 aromatic carbocycles. The van der Waals surface area contributed by atoms with Gasteiger partial charge in [-0.2, -0.15) is 13.2 Å². The highest BCUT2D eigenvalue weighted by molar-refractivity contribution is 7.99. The Balaban J connectivity index is 2.11. The molecular weight excluding hydrogens is 389 g/mol. The molecule has 0 amide bonds. The van der Waals surface area contributed by atoms with Gasteiger partial charge in [-0.3, -0.25) is 0 Å². The topological polar surface area (TPSA) is 59.2 Å². The predicted octanol–water partition coefficient (Wildman–Crippen LogP) is 4.38. The highest BCUT2D eigenvalue weighted by Crippen LogP contribution is 2.34. The summed E-state index contributed by atoms with van der Waals surface area (Å²) in [6.45, 7) is 2.01. The number of alkyl halides is 3. The molecule has 0 aliphatic rings. The average molecular weight is 408 g/mol. The molecule has 0 aliphatic heterocycles. The lowest BCUT2D eigenvalue weighted by Crippen LogP contribution is -2.07. The molecule has 0 fully saturated rings. The molecule has 3 heterocycles. The van der Waals surface area contributed by atoms with Crippen molar-refractivity contribution in [2.24, 2.45) is 12.0 Å². The van der Waals surface area contributed by atoms with Gasteiger partial charge in [0.05, 0.1) is 23.8 Å². The van der Waals surface area contributed by atoms with E-state index in [-0.39, 0.29) is 5.52 Å². The van der Waals surface area contributed by atoms with Crippen molar-refractivity contribution in [3.63, 3.8) is 0 Å². The van der Waals surface area contributed by atoms with Crippen molar-refractivity contribution in [1.82, 2.24) is 24.4 Å². The van der Waals surface area contributed by atoms with E-state index in [4.69, 9.17) is 0 Å². The van der Waals surface area contributed by atoms with Crippen LogP contribution in [0.3, 0.4) is 0 Å². The summed E-state index contributed by atoms with van der Waals surface area (Å²) in [6.07, 6.45) is -0.355. The lowest BCUT2D eigenvalue weighted by atomic mass is 10.2. The van der Waals surface area contributed by atoms with Crippen molar-refractivity contribution in [2.45, 2.75) is 18.0 Å². The summed E-state index contributed by atoms with van der Waals surface area (Å²) in [5.74, 6) is 1.26. The normalized spacial score (nSPS) is 12.2. The van der Waals surface area contributed by atoms with E-state index in [1.807, 2.05) is 32.0 Å². The van der Waals surface area contributed by atoms with Gasteiger partial charge in [0.15, 0.2) is 11.5 Å². The van der Waals surface area contributed by atoms with Crippen LogP contribution >= 0.6 is 11.8 Å². The smallest absolute Gasteiger partial charge is 0.369 e. The zero-order valence-electron chi connectivity index (χ0n) is 15.8. The first-order valence-electron chi connectivity index (χ1n) is 8.44. The highest BCUT2D eigenvalue weighted by atomic mass is 32.2. The molecule has 0 unspecified atom stereocenters. The van der Waals surface area contributed by atoms with E-state index in [1.54, 1.807) is 35.9 Å². The SMILES string of the molecule is CCSc1cc(N=CN(C)C)cnc1-c1nc2cc(C(F)(F)F)cnc2n1C. The van der Waals surface area contributed by atoms with Crippen LogP contribution in [0.15, 0.2) is 34.4 Å². The summed E-state index contributed by atoms with van der Waals surface area (Å²) in [4.78, 5) is 19.8. The van der Waals surface area contributed by atoms with Gasteiger partial charge in [-0.25, -0.2) is 19.9 Å². The zero-order chi connectivity index (χ0) is 20.5. The van der Waals surface area contributed by atoms with Crippen molar-refractivity contribution in [3.05, 3.63) is 30.1 Å². The maximum Gasteiger partial charge on any atom is 0.417 e. The van der Waals surface area contributed by atoms with Crippen molar-refractivity contribution in [2.75, 3.05) is 19.8 Å². The number of aliphatic imine (C=N–C) groups is 1. The van der Waals surface area contributed by atoms with Gasteiger partial charge >= 0.3 is 6.18 Å². The van der Waals surface area contributed by atoms with Gasteiger partial charge < -0.3 is 9.47 Å². The van der Waals surface area contributed by atoms with E-state index in [0.29, 0.717) is 22.9 Å². The van der Waals surface area contributed by atoms with E-state index in [9.17, 15) is 13.2 Å². The lowest BCUT2D eigenvalue weighted by Gasteiger charge is -2.09. The molecular formula is C18H19F3N6S. The molecule has 3 aromatic heterocycles. The molecule has 6 nitrogen and oxygen atoms in total. The maximum atomic E-state index is 13.0. The fourth-order valence-corrected chi connectivity index (χ4v) is 3.36. The summed E-state index contributed by atoms with van der Waals surface area (Å²) >= 11 is 1.57. The molecule has 0 spiro atoms. The lowest BCUT2D eigenvalue weighted by molar-refractivity contribution is -0.137. The molecule has 3 aromatic rings. The van der Waals surface area contributed by atoms with E-state index < -0.39 is 11.7 Å². The Morgan fingerprint density at radius 3 is 2.61 bits per heavy atom. The Morgan fingerprint density at radius 2 is 1.96 bits per heavy atom. The van der Waals surface area contributed by atoms with Crippen LogP contribution in [-0.4, -0.2) is 50.6 Å². The fraction of sp³-hybridized carbons (Fsp3) is 0.333. The Labute approximate surface area is 164 Å². The van der Waals surface area contributed by atoms with Crippen LogP contribution in [0.1, 0.15) is 12.5 Å². The molecule has 0 N–H and O–H groups in total. The second-order valence-corrected chi connectivity index (χ2v) is 7.55. The van der Waals surface area contributed by atoms with Crippen molar-refractivity contribution >= 4 is 35.0 Å². The van der Waals surface area contributed by atoms with Crippen molar-refractivity contribution in [3.8, 4) is 11.5 Å². The number of hydrogen-bond acceptors (Lipinski definition) is 5. The number of nitrogens with zero attached hydrogens (tertiary/aromatic N) is 6. The van der Waals surface area contributed by atoms with Gasteiger partial charge in [-0.05, 0) is 17.9 Å². The second kappa shape index (κ2) is 7.78. The minimum Gasteiger partial charge on any atom is -0.369 e. The van der Waals surface area contributed by atoms with E-state index >= 15 is 0 Å². The fourth-order valence-electron chi connectivity index (χ4n) is 2.56. The summed E-state index contributed by atoms with van der Waals surface area (Å²) in [6, 6.07) is 2.90. The number of aryl methyl sites for hydroxylation is 1. The minimum absolute atomic E-state index is 0.177. The Bertz CT molecular complexity index is 1030. The summed E-state index contributed by atoms with van der Waals surface area (Å²) < 4.78 is 40.6. The zero-order valence-corrected chi connectivity index (χ0v) is 16.6. The van der Waals surface area contributed by atoms with E-state index in [1.165, 1.54) is 0 Å². The first-order valence-corrected chi connectivity index (χ1v) is 9.42. The number of thioether (sulfide) groups is 1. The molecule has 0 saturated heterocycles. The van der Waals surface area contributed by atoms with E-state index in [0.717, 1.165) is 22.9 Å². The first kappa shape index (κ1) is 20.1. The maximum absolute atomic E-state index is 13.0. The number of fused-ring (bicyclic) bond motifs is 1. The van der Waals surface area contributed by atoms with Gasteiger partial charge in [0.2, 0.25) is 0 Å². The third kappa shape index (κ3) is 4.11. The third-order valence-corrected chi connectivity index (χ3v) is 4.73. The van der Waals surface area contributed by atoms with Gasteiger partial charge in [-0.1, -0.05) is 6.92 Å². The molecule has 0 aliphatic carbocycles. The molecule has 3 rings (SSSR count). The van der Waals surface area contributed by atoms with Gasteiger partial charge in [0.25, 0.3) is 0 Å². The number of aromatic nitrogens is 4. The van der Waals surface area contributed by atoms with Crippen LogP contribution in [0.5, 0.6) is 0 Å². The van der Waals surface area contributed by atoms with E-state index in [2.05, 4.69) is 19.9 Å². The molecule has 0 atom stereocenters. The van der Waals surface area contributed by atoms with Crippen LogP contribution in [0.2, 0.25) is 0 Å². The van der Waals surface area contributed by atoms with Crippen molar-refractivity contribution in [1.29, 1.82) is 0 Å². The number of hydrogen-bond donors (Lipinski definition) is 0. The minimum atomic E-state index is -4.47. The third-order valence-electron chi connectivity index (χ3n) is 3.82. The van der Waals surface area contributed by atoms with Gasteiger partial charge in [0, 0.05) is 32.2 Å². The monoisotopic (exact) mass is 408 g/mol. The van der Waals surface area contributed by atoms with Crippen LogP contribution in [-0.2, 0) is 13.2 Å². The summed E-state index contributed by atoms with van der Waals surface area (Å²) in [5, 5.41) is 0. The molecule has 148 valence electrons. The van der Waals surface area contributed by atoms with Crippen LogP contribution in [0, 0.1) is 0 Å². The number of rotatable bonds is 5. The highest BCUT2D eigenvalue weighted by Gasteiger charge is 2.32. The quantitative estimate of drug-likeness (QED) is 0.356. The molecule has 0 saturated carbocycles. The standard InChI is InChI=1S/C18H19F3N6S/c1-5-28-14-7-12(24-10-26(2)3)9-22-15(14)17-25-13-6-11(18(19,20)21)8-23-16(13)27(17)4/h6-10H,5H2,1-4H3. The number of imidazole rings is 1. The second-order valence-electron chi connectivity index (χ2n) is 6.24. The van der Waals surface area contributed by atoms with Crippen LogP contribution < -0.4 is 0 Å². The number of halogens is 3. The summed E-state index contributed by atoms with van der Waals surface area (Å²) in [7, 11) is 5.45. The Hall–Kier alpha value is -2.62. The molecule has 28 heavy (non-hydrogen) atoms. The molecule has 0 bridgehead atoms. The van der Waals surface area contributed by atoms with Crippen LogP contribution in [0.4, 0.5) is 18.9 Å². The van der Waals surface area contributed by atoms with Crippen molar-refractivity contribution < 1.29 is 13.2 Å². The summed E-state index contributed by atoms with van der Waals surface area (Å²) in [5.41, 5.74) is 0.992. The largest absolute Gasteiger partial charge is 0.417 e. The van der Waals surface area contributed by atoms with Gasteiger partial charge in [-0.15, -0.1) is 11.8 Å². The molecule has 0 radical (unpaired) electrons.